The van der Waals surface area contributed by atoms with E-state index in [9.17, 15) is 17.6 Å². The highest BCUT2D eigenvalue weighted by Gasteiger charge is 2.34. The molecule has 0 bridgehead atoms. The Morgan fingerprint density at radius 3 is 2.41 bits per heavy atom. The monoisotopic (exact) mass is 576 g/mol. The first-order valence-electron chi connectivity index (χ1n) is 12.8. The zero-order valence-corrected chi connectivity index (χ0v) is 25.4. The van der Waals surface area contributed by atoms with E-state index < -0.39 is 30.7 Å². The molecule has 0 aliphatic carbocycles. The van der Waals surface area contributed by atoms with Crippen LogP contribution < -0.4 is 4.31 Å². The maximum Gasteiger partial charge on any atom is 0.337 e. The minimum Gasteiger partial charge on any atom is -0.465 e. The van der Waals surface area contributed by atoms with Crippen LogP contribution in [0.25, 0.3) is 11.1 Å². The number of alkyl halides is 1. The maximum atomic E-state index is 14.3. The number of hydrogen-bond acceptors (Lipinski definition) is 7. The van der Waals surface area contributed by atoms with Gasteiger partial charge in [-0.25, -0.2) is 17.5 Å². The van der Waals surface area contributed by atoms with Crippen LogP contribution in [0.1, 0.15) is 40.5 Å². The predicted octanol–water partition coefficient (Wildman–Crippen LogP) is 6.08. The van der Waals surface area contributed by atoms with Gasteiger partial charge in [0.2, 0.25) is 5.88 Å². The highest BCUT2D eigenvalue weighted by Crippen LogP contribution is 2.36. The number of rotatable bonds is 12. The van der Waals surface area contributed by atoms with Gasteiger partial charge in [0, 0.05) is 16.9 Å². The summed E-state index contributed by atoms with van der Waals surface area (Å²) in [5, 5.41) is 3.98. The Hall–Kier alpha value is -3.02. The molecule has 0 fully saturated rings. The fourth-order valence-corrected chi connectivity index (χ4v) is 6.01. The van der Waals surface area contributed by atoms with Crippen LogP contribution in [0.4, 0.5) is 10.3 Å². The van der Waals surface area contributed by atoms with Crippen molar-refractivity contribution < 1.29 is 31.6 Å². The van der Waals surface area contributed by atoms with Crippen molar-refractivity contribution in [1.29, 1.82) is 0 Å². The first kappa shape index (κ1) is 30.5. The molecule has 1 heterocycles. The lowest BCUT2D eigenvalue weighted by atomic mass is 9.94. The number of esters is 1. The Labute approximate surface area is 231 Å². The SMILES string of the molecule is COC(=O)c1ccc(-c2ccccc2S(=O)(=O)N(COC(C)[Si](C)(C)C)c2onc(C)c2C)c(CCCF)c1. The number of carbonyl (C=O) groups is 1. The molecular weight excluding hydrogens is 539 g/mol. The smallest absolute Gasteiger partial charge is 0.337 e. The minimum absolute atomic E-state index is 0.0232. The second-order valence-corrected chi connectivity index (χ2v) is 17.9. The van der Waals surface area contributed by atoms with E-state index in [0.29, 0.717) is 39.9 Å². The van der Waals surface area contributed by atoms with E-state index in [4.69, 9.17) is 14.0 Å². The van der Waals surface area contributed by atoms with Gasteiger partial charge in [0.1, 0.15) is 6.73 Å². The van der Waals surface area contributed by atoms with Crippen molar-refractivity contribution in [1.82, 2.24) is 5.16 Å². The van der Waals surface area contributed by atoms with Crippen molar-refractivity contribution in [3.63, 3.8) is 0 Å². The zero-order chi connectivity index (χ0) is 29.0. The van der Waals surface area contributed by atoms with E-state index in [1.807, 2.05) is 6.92 Å². The quantitative estimate of drug-likeness (QED) is 0.146. The molecule has 3 rings (SSSR count). The molecule has 0 aliphatic rings. The summed E-state index contributed by atoms with van der Waals surface area (Å²) in [6.45, 7) is 11.1. The van der Waals surface area contributed by atoms with Crippen LogP contribution in [0.2, 0.25) is 19.6 Å². The average molecular weight is 577 g/mol. The van der Waals surface area contributed by atoms with Crippen LogP contribution in [-0.4, -0.2) is 53.9 Å². The second kappa shape index (κ2) is 12.4. The van der Waals surface area contributed by atoms with Gasteiger partial charge >= 0.3 is 5.97 Å². The maximum absolute atomic E-state index is 14.3. The van der Waals surface area contributed by atoms with E-state index in [-0.39, 0.29) is 29.7 Å². The van der Waals surface area contributed by atoms with Crippen molar-refractivity contribution in [2.45, 2.75) is 63.9 Å². The van der Waals surface area contributed by atoms with Crippen LogP contribution in [0, 0.1) is 13.8 Å². The summed E-state index contributed by atoms with van der Waals surface area (Å²) in [6, 6.07) is 11.5. The molecular formula is C28H37FN2O6SSi. The molecule has 0 saturated heterocycles. The third-order valence-corrected chi connectivity index (χ3v) is 11.2. The van der Waals surface area contributed by atoms with Crippen LogP contribution >= 0.6 is 0 Å². The lowest BCUT2D eigenvalue weighted by Gasteiger charge is -2.29. The topological polar surface area (TPSA) is 98.9 Å². The summed E-state index contributed by atoms with van der Waals surface area (Å²) in [6.07, 6.45) is 0.531. The van der Waals surface area contributed by atoms with Crippen molar-refractivity contribution >= 4 is 30.0 Å². The van der Waals surface area contributed by atoms with Gasteiger partial charge in [-0.05, 0) is 62.9 Å². The van der Waals surface area contributed by atoms with Crippen LogP contribution in [0.5, 0.6) is 0 Å². The van der Waals surface area contributed by atoms with Crippen molar-refractivity contribution in [3.8, 4) is 11.1 Å². The summed E-state index contributed by atoms with van der Waals surface area (Å²) in [7, 11) is -4.68. The number of sulfonamides is 1. The second-order valence-electron chi connectivity index (χ2n) is 10.5. The molecule has 2 aromatic carbocycles. The number of hydrogen-bond donors (Lipinski definition) is 0. The third kappa shape index (κ3) is 6.77. The van der Waals surface area contributed by atoms with E-state index >= 15 is 0 Å². The molecule has 11 heteroatoms. The zero-order valence-electron chi connectivity index (χ0n) is 23.6. The molecule has 1 atom stereocenters. The lowest BCUT2D eigenvalue weighted by Crippen LogP contribution is -2.42. The fraction of sp³-hybridized carbons (Fsp3) is 0.429. The minimum atomic E-state index is -4.23. The molecule has 0 radical (unpaired) electrons. The van der Waals surface area contributed by atoms with Gasteiger partial charge in [-0.2, -0.15) is 0 Å². The van der Waals surface area contributed by atoms with Crippen molar-refractivity contribution in [2.75, 3.05) is 24.8 Å². The molecule has 3 aromatic rings. The number of benzene rings is 2. The van der Waals surface area contributed by atoms with Gasteiger partial charge < -0.3 is 14.0 Å². The largest absolute Gasteiger partial charge is 0.465 e. The highest BCUT2D eigenvalue weighted by atomic mass is 32.2. The number of halogens is 1. The Bertz CT molecular complexity index is 1420. The molecule has 0 aliphatic heterocycles. The van der Waals surface area contributed by atoms with Crippen LogP contribution in [0.3, 0.4) is 0 Å². The normalized spacial score (nSPS) is 12.8. The first-order chi connectivity index (χ1) is 18.3. The van der Waals surface area contributed by atoms with Gasteiger partial charge in [-0.3, -0.25) is 4.39 Å². The third-order valence-electron chi connectivity index (χ3n) is 6.87. The van der Waals surface area contributed by atoms with Crippen molar-refractivity contribution in [2.24, 2.45) is 0 Å². The molecule has 0 N–H and O–H groups in total. The first-order valence-corrected chi connectivity index (χ1v) is 17.8. The Kier molecular flexibility index (Phi) is 9.73. The highest BCUT2D eigenvalue weighted by molar-refractivity contribution is 7.93. The molecule has 212 valence electrons. The summed E-state index contributed by atoms with van der Waals surface area (Å²) in [5.74, 6) is -0.441. The summed E-state index contributed by atoms with van der Waals surface area (Å²) < 4.78 is 59.4. The average Bonchev–Trinajstić information content (AvgIpc) is 3.23. The molecule has 0 spiro atoms. The molecule has 0 amide bonds. The van der Waals surface area contributed by atoms with Gasteiger partial charge in [-0.15, -0.1) is 0 Å². The number of anilines is 1. The lowest BCUT2D eigenvalue weighted by molar-refractivity contribution is 0.0600. The fourth-order valence-electron chi connectivity index (χ4n) is 3.90. The number of methoxy groups -OCH3 is 1. The Balaban J connectivity index is 2.17. The van der Waals surface area contributed by atoms with E-state index in [2.05, 4.69) is 24.8 Å². The summed E-state index contributed by atoms with van der Waals surface area (Å²) in [4.78, 5) is 12.2. The van der Waals surface area contributed by atoms with Gasteiger partial charge in [0.05, 0.1) is 38.0 Å². The Morgan fingerprint density at radius 1 is 1.13 bits per heavy atom. The van der Waals surface area contributed by atoms with Crippen LogP contribution in [-0.2, 0) is 25.9 Å². The molecule has 1 unspecified atom stereocenters. The number of ether oxygens (including phenoxy) is 2. The predicted molar refractivity (Wildman–Crippen MR) is 152 cm³/mol. The van der Waals surface area contributed by atoms with Gasteiger partial charge in [0.15, 0.2) is 0 Å². The van der Waals surface area contributed by atoms with Crippen LogP contribution in [0.15, 0.2) is 51.9 Å². The van der Waals surface area contributed by atoms with E-state index in [1.54, 1.807) is 50.2 Å². The van der Waals surface area contributed by atoms with Gasteiger partial charge in [-0.1, -0.05) is 49.1 Å². The molecule has 0 saturated carbocycles. The Morgan fingerprint density at radius 2 is 1.82 bits per heavy atom. The number of carbonyl (C=O) groups excluding carboxylic acids is 1. The van der Waals surface area contributed by atoms with E-state index in [1.165, 1.54) is 13.2 Å². The molecule has 39 heavy (non-hydrogen) atoms. The standard InChI is InChI=1S/C28H37FN2O6SSi/c1-19-20(2)30-37-27(19)31(18-36-21(3)39(5,6)7)38(33,34)26-13-9-8-12-25(26)24-15-14-23(28(32)35-4)17-22(24)11-10-16-29/h8-9,12-15,17,21H,10-11,16,18H2,1-7H3. The number of nitrogens with zero attached hydrogens (tertiary/aromatic N) is 2. The van der Waals surface area contributed by atoms with Crippen molar-refractivity contribution in [3.05, 3.63) is 64.8 Å². The molecule has 8 nitrogen and oxygen atoms in total. The van der Waals surface area contributed by atoms with E-state index in [0.717, 1.165) is 4.31 Å². The number of aromatic nitrogens is 1. The van der Waals surface area contributed by atoms with Gasteiger partial charge in [0.25, 0.3) is 10.0 Å². The summed E-state index contributed by atoms with van der Waals surface area (Å²) >= 11 is 0. The number of aryl methyl sites for hydroxylation is 2. The molecule has 1 aromatic heterocycles. The summed E-state index contributed by atoms with van der Waals surface area (Å²) in [5.41, 5.74) is 2.97.